The van der Waals surface area contributed by atoms with E-state index < -0.39 is 5.41 Å². The van der Waals surface area contributed by atoms with Gasteiger partial charge in [-0.25, -0.2) is 9.97 Å². The van der Waals surface area contributed by atoms with E-state index in [1.54, 1.807) is 0 Å². The molecule has 0 saturated carbocycles. The van der Waals surface area contributed by atoms with Crippen molar-refractivity contribution in [3.05, 3.63) is 53.0 Å². The highest BCUT2D eigenvalue weighted by atomic mass is 16.2. The van der Waals surface area contributed by atoms with Crippen LogP contribution in [0.5, 0.6) is 0 Å². The van der Waals surface area contributed by atoms with Crippen LogP contribution in [0.1, 0.15) is 36.0 Å². The van der Waals surface area contributed by atoms with Gasteiger partial charge in [-0.3, -0.25) is 9.59 Å². The van der Waals surface area contributed by atoms with Gasteiger partial charge >= 0.3 is 0 Å². The normalized spacial score (nSPS) is 18.1. The summed E-state index contributed by atoms with van der Waals surface area (Å²) in [6.45, 7) is 10.5. The van der Waals surface area contributed by atoms with Gasteiger partial charge in [-0.1, -0.05) is 36.8 Å². The molecule has 2 aromatic rings. The second-order valence-corrected chi connectivity index (χ2v) is 10.0. The van der Waals surface area contributed by atoms with E-state index in [9.17, 15) is 9.59 Å². The molecule has 8 nitrogen and oxygen atoms in total. The third-order valence-corrected chi connectivity index (χ3v) is 6.59. The van der Waals surface area contributed by atoms with Crippen molar-refractivity contribution in [2.75, 3.05) is 58.7 Å². The number of carbonyl (C=O) groups is 2. The van der Waals surface area contributed by atoms with E-state index in [4.69, 9.17) is 0 Å². The van der Waals surface area contributed by atoms with Crippen molar-refractivity contribution in [2.24, 2.45) is 5.41 Å². The van der Waals surface area contributed by atoms with Gasteiger partial charge in [0.1, 0.15) is 17.4 Å². The van der Waals surface area contributed by atoms with Crippen molar-refractivity contribution in [2.45, 2.75) is 40.0 Å². The van der Waals surface area contributed by atoms with E-state index >= 15 is 0 Å². The number of benzene rings is 1. The molecule has 8 heteroatoms. The quantitative estimate of drug-likeness (QED) is 0.482. The van der Waals surface area contributed by atoms with Crippen LogP contribution in [0.2, 0.25) is 0 Å². The number of anilines is 1. The van der Waals surface area contributed by atoms with Gasteiger partial charge in [0.2, 0.25) is 5.91 Å². The second kappa shape index (κ2) is 12.2. The molecular formula is C27H40N6O2. The number of amides is 1. The Kier molecular flexibility index (Phi) is 9.34. The zero-order valence-corrected chi connectivity index (χ0v) is 21.9. The van der Waals surface area contributed by atoms with Crippen molar-refractivity contribution in [3.8, 4) is 0 Å². The zero-order valence-electron chi connectivity index (χ0n) is 21.9. The van der Waals surface area contributed by atoms with Crippen molar-refractivity contribution in [1.82, 2.24) is 25.1 Å². The van der Waals surface area contributed by atoms with Crippen LogP contribution in [0.15, 0.2) is 30.3 Å². The number of Topliss-reactive ketones (excluding diaryl/α,β-unsaturated/α-hetero) is 1. The molecule has 0 bridgehead atoms. The second-order valence-electron chi connectivity index (χ2n) is 10.0. The Labute approximate surface area is 209 Å². The monoisotopic (exact) mass is 480 g/mol. The maximum Gasteiger partial charge on any atom is 0.229 e. The van der Waals surface area contributed by atoms with Crippen LogP contribution in [0.3, 0.4) is 0 Å². The molecule has 35 heavy (non-hydrogen) atoms. The molecule has 2 N–H and O–H groups in total. The minimum absolute atomic E-state index is 0.0801. The number of hydrogen-bond donors (Lipinski definition) is 2. The van der Waals surface area contributed by atoms with Crippen molar-refractivity contribution in [3.63, 3.8) is 0 Å². The van der Waals surface area contributed by atoms with Gasteiger partial charge in [0, 0.05) is 44.4 Å². The van der Waals surface area contributed by atoms with Crippen molar-refractivity contribution in [1.29, 1.82) is 0 Å². The fourth-order valence-electron chi connectivity index (χ4n) is 4.45. The molecule has 3 rings (SSSR count). The molecule has 190 valence electrons. The number of likely N-dealkylation sites (tertiary alicyclic amines) is 1. The van der Waals surface area contributed by atoms with Crippen LogP contribution in [0.25, 0.3) is 0 Å². The molecule has 0 aliphatic carbocycles. The molecule has 1 aliphatic heterocycles. The Morgan fingerprint density at radius 1 is 1.11 bits per heavy atom. The highest BCUT2D eigenvalue weighted by Crippen LogP contribution is 2.31. The number of aryl methyl sites for hydroxylation is 2. The van der Waals surface area contributed by atoms with Gasteiger partial charge in [0.25, 0.3) is 0 Å². The van der Waals surface area contributed by atoms with Gasteiger partial charge < -0.3 is 20.4 Å². The summed E-state index contributed by atoms with van der Waals surface area (Å²) >= 11 is 0. The van der Waals surface area contributed by atoms with E-state index in [1.165, 1.54) is 5.56 Å². The summed E-state index contributed by atoms with van der Waals surface area (Å²) in [5.41, 5.74) is 2.46. The zero-order chi connectivity index (χ0) is 25.4. The molecule has 1 saturated heterocycles. The lowest BCUT2D eigenvalue weighted by Crippen LogP contribution is -2.48. The predicted molar refractivity (Wildman–Crippen MR) is 140 cm³/mol. The van der Waals surface area contributed by atoms with E-state index in [1.807, 2.05) is 58.3 Å². The van der Waals surface area contributed by atoms with Gasteiger partial charge in [-0.15, -0.1) is 0 Å². The molecule has 1 atom stereocenters. The average Bonchev–Trinajstić information content (AvgIpc) is 3.23. The third-order valence-electron chi connectivity index (χ3n) is 6.59. The third kappa shape index (κ3) is 7.83. The molecule has 1 amide bonds. The Bertz CT molecular complexity index is 1010. The number of carbonyl (C=O) groups excluding carboxylic acids is 2. The van der Waals surface area contributed by atoms with E-state index in [0.717, 1.165) is 43.9 Å². The molecule has 1 aromatic carbocycles. The smallest absolute Gasteiger partial charge is 0.229 e. The van der Waals surface area contributed by atoms with Crippen LogP contribution < -0.4 is 10.6 Å². The molecule has 2 heterocycles. The number of nitrogens with one attached hydrogen (secondary N) is 2. The minimum Gasteiger partial charge on any atom is -0.369 e. The van der Waals surface area contributed by atoms with Gasteiger partial charge in [0.05, 0.1) is 11.8 Å². The standard InChI is InChI=1S/C27H40N6O2/c1-6-33-13-11-27(19-33,26(35)28-12-14-32(4)5)18-29-24-15-21(3)30-25(31-24)17-23(34)16-22-9-7-20(2)8-10-22/h7-10,15H,6,11-14,16-19H2,1-5H3,(H,28,35)(H,29,30,31). The van der Waals surface area contributed by atoms with Gasteiger partial charge in [-0.2, -0.15) is 0 Å². The molecular weight excluding hydrogens is 440 g/mol. The first-order valence-electron chi connectivity index (χ1n) is 12.5. The minimum atomic E-state index is -0.511. The van der Waals surface area contributed by atoms with Crippen LogP contribution >= 0.6 is 0 Å². The summed E-state index contributed by atoms with van der Waals surface area (Å²) in [4.78, 5) is 39.3. The summed E-state index contributed by atoms with van der Waals surface area (Å²) in [5, 5.41) is 6.53. The lowest BCUT2D eigenvalue weighted by molar-refractivity contribution is -0.129. The lowest BCUT2D eigenvalue weighted by atomic mass is 9.85. The maximum absolute atomic E-state index is 13.2. The Balaban J connectivity index is 1.65. The maximum atomic E-state index is 13.2. The lowest BCUT2D eigenvalue weighted by Gasteiger charge is -2.29. The first-order valence-corrected chi connectivity index (χ1v) is 12.5. The van der Waals surface area contributed by atoms with Crippen LogP contribution in [0.4, 0.5) is 5.82 Å². The summed E-state index contributed by atoms with van der Waals surface area (Å²) in [5.74, 6) is 1.33. The van der Waals surface area contributed by atoms with E-state index in [-0.39, 0.29) is 18.1 Å². The number of likely N-dealkylation sites (N-methyl/N-ethyl adjacent to an activating group) is 1. The summed E-state index contributed by atoms with van der Waals surface area (Å²) in [6.07, 6.45) is 1.35. The van der Waals surface area contributed by atoms with E-state index in [2.05, 4.69) is 37.3 Å². The Morgan fingerprint density at radius 3 is 2.51 bits per heavy atom. The van der Waals surface area contributed by atoms with Gasteiger partial charge in [-0.05, 0) is 53.0 Å². The fourth-order valence-corrected chi connectivity index (χ4v) is 4.45. The fraction of sp³-hybridized carbons (Fsp3) is 0.556. The topological polar surface area (TPSA) is 90.5 Å². The Morgan fingerprint density at radius 2 is 1.86 bits per heavy atom. The average molecular weight is 481 g/mol. The number of aromatic nitrogens is 2. The van der Waals surface area contributed by atoms with Crippen LogP contribution in [-0.4, -0.2) is 84.8 Å². The molecule has 1 aromatic heterocycles. The SMILES string of the molecule is CCN1CCC(CNc2cc(C)nc(CC(=O)Cc3ccc(C)cc3)n2)(C(=O)NCCN(C)C)C1. The first kappa shape index (κ1) is 26.8. The first-order chi connectivity index (χ1) is 16.7. The largest absolute Gasteiger partial charge is 0.369 e. The van der Waals surface area contributed by atoms with Crippen molar-refractivity contribution >= 4 is 17.5 Å². The Hall–Kier alpha value is -2.84. The molecule has 0 spiro atoms. The predicted octanol–water partition coefficient (Wildman–Crippen LogP) is 2.25. The van der Waals surface area contributed by atoms with E-state index in [0.29, 0.717) is 31.2 Å². The summed E-state index contributed by atoms with van der Waals surface area (Å²) in [7, 11) is 4.00. The number of nitrogens with zero attached hydrogens (tertiary/aromatic N) is 4. The molecule has 0 radical (unpaired) electrons. The number of ketones is 1. The highest BCUT2D eigenvalue weighted by molar-refractivity contribution is 5.84. The van der Waals surface area contributed by atoms with Crippen molar-refractivity contribution < 1.29 is 9.59 Å². The van der Waals surface area contributed by atoms with Gasteiger partial charge in [0.15, 0.2) is 0 Å². The highest BCUT2D eigenvalue weighted by Gasteiger charge is 2.44. The molecule has 1 fully saturated rings. The number of rotatable bonds is 12. The van der Waals surface area contributed by atoms with Crippen LogP contribution in [0, 0.1) is 19.3 Å². The summed E-state index contributed by atoms with van der Waals surface area (Å²) in [6, 6.07) is 9.88. The summed E-state index contributed by atoms with van der Waals surface area (Å²) < 4.78 is 0. The number of hydrogen-bond acceptors (Lipinski definition) is 7. The van der Waals surface area contributed by atoms with Crippen LogP contribution in [-0.2, 0) is 22.4 Å². The molecule has 1 unspecified atom stereocenters. The molecule has 1 aliphatic rings.